The monoisotopic (exact) mass is 656 g/mol. The summed E-state index contributed by atoms with van der Waals surface area (Å²) >= 11 is 0. The van der Waals surface area contributed by atoms with Crippen molar-refractivity contribution < 1.29 is 28.4 Å². The molecule has 5 atom stereocenters. The van der Waals surface area contributed by atoms with E-state index in [0.29, 0.717) is 26.4 Å². The second kappa shape index (κ2) is 17.8. The maximum atomic E-state index is 6.97. The summed E-state index contributed by atoms with van der Waals surface area (Å²) in [5, 5.41) is 0. The zero-order chi connectivity index (χ0) is 33.6. The highest BCUT2D eigenvalue weighted by Crippen LogP contribution is 2.39. The number of hydrogen-bond donors (Lipinski definition) is 0. The molecule has 0 spiro atoms. The fraction of sp³-hybridized carbons (Fsp3) is 0.256. The van der Waals surface area contributed by atoms with Gasteiger partial charge < -0.3 is 28.4 Å². The van der Waals surface area contributed by atoms with Gasteiger partial charge in [0.2, 0.25) is 5.79 Å². The molecule has 49 heavy (non-hydrogen) atoms. The minimum Gasteiger partial charge on any atom is -0.374 e. The van der Waals surface area contributed by atoms with Gasteiger partial charge >= 0.3 is 0 Å². The first-order valence-corrected chi connectivity index (χ1v) is 16.8. The third-order valence-electron chi connectivity index (χ3n) is 8.55. The molecule has 0 aromatic heterocycles. The lowest BCUT2D eigenvalue weighted by Crippen LogP contribution is -2.67. The highest BCUT2D eigenvalue weighted by molar-refractivity contribution is 5.19. The molecule has 0 amide bonds. The summed E-state index contributed by atoms with van der Waals surface area (Å²) in [6, 6.07) is 50.4. The molecule has 6 rings (SSSR count). The Morgan fingerprint density at radius 2 is 0.878 bits per heavy atom. The van der Waals surface area contributed by atoms with E-state index in [2.05, 4.69) is 6.58 Å². The van der Waals surface area contributed by atoms with Crippen LogP contribution in [-0.4, -0.2) is 36.8 Å². The first kappa shape index (κ1) is 34.5. The van der Waals surface area contributed by atoms with Gasteiger partial charge in [0, 0.05) is 0 Å². The van der Waals surface area contributed by atoms with E-state index >= 15 is 0 Å². The molecule has 0 saturated carbocycles. The maximum absolute atomic E-state index is 6.97. The molecule has 1 saturated heterocycles. The number of benzene rings is 5. The van der Waals surface area contributed by atoms with E-state index in [4.69, 9.17) is 28.4 Å². The lowest BCUT2D eigenvalue weighted by Gasteiger charge is -2.51. The Kier molecular flexibility index (Phi) is 12.5. The Labute approximate surface area is 289 Å². The van der Waals surface area contributed by atoms with Crippen LogP contribution in [-0.2, 0) is 61.5 Å². The predicted octanol–water partition coefficient (Wildman–Crippen LogP) is 8.46. The molecule has 252 valence electrons. The van der Waals surface area contributed by atoms with Gasteiger partial charge in [0.15, 0.2) is 0 Å². The molecule has 1 aliphatic rings. The van der Waals surface area contributed by atoms with Crippen LogP contribution in [0.2, 0.25) is 0 Å². The fourth-order valence-corrected chi connectivity index (χ4v) is 5.98. The second-order valence-corrected chi connectivity index (χ2v) is 12.1. The minimum atomic E-state index is -1.39. The van der Waals surface area contributed by atoms with Crippen LogP contribution in [0.25, 0.3) is 0 Å². The van der Waals surface area contributed by atoms with E-state index in [9.17, 15) is 0 Å². The molecule has 5 aromatic carbocycles. The summed E-state index contributed by atoms with van der Waals surface area (Å²) in [4.78, 5) is 0. The summed E-state index contributed by atoms with van der Waals surface area (Å²) < 4.78 is 40.5. The standard InChI is InChI=1S/C43H44O6/c1-2-43(48-32-38-26-16-7-17-27-38)42(47-31-37-24-14-6-15-25-37)41(46-30-36-22-12-5-13-23-36)40(45-29-35-20-10-4-11-21-35)39(49-43)33-44-28-34-18-8-3-9-19-34/h2-27,39-42H,1,28-33H2/t39-,40-,41+,42-,43+/m1/s1. The zero-order valence-electron chi connectivity index (χ0n) is 27.7. The van der Waals surface area contributed by atoms with Crippen molar-refractivity contribution in [3.8, 4) is 0 Å². The van der Waals surface area contributed by atoms with Crippen LogP contribution in [0.1, 0.15) is 27.8 Å². The van der Waals surface area contributed by atoms with Gasteiger partial charge in [-0.05, 0) is 33.9 Å². The number of hydrogen-bond acceptors (Lipinski definition) is 6. The summed E-state index contributed by atoms with van der Waals surface area (Å²) in [6.45, 7) is 6.17. The Morgan fingerprint density at radius 1 is 0.490 bits per heavy atom. The largest absolute Gasteiger partial charge is 0.374 e. The van der Waals surface area contributed by atoms with E-state index in [0.717, 1.165) is 27.8 Å². The van der Waals surface area contributed by atoms with E-state index in [-0.39, 0.29) is 13.2 Å². The molecular formula is C43H44O6. The summed E-state index contributed by atoms with van der Waals surface area (Å²) in [5.74, 6) is -1.39. The first-order valence-electron chi connectivity index (χ1n) is 16.8. The molecule has 5 aromatic rings. The van der Waals surface area contributed by atoms with E-state index in [1.54, 1.807) is 6.08 Å². The third kappa shape index (κ3) is 9.61. The number of rotatable bonds is 17. The molecule has 0 aliphatic carbocycles. The smallest absolute Gasteiger partial charge is 0.218 e. The van der Waals surface area contributed by atoms with Crippen molar-refractivity contribution in [1.29, 1.82) is 0 Å². The van der Waals surface area contributed by atoms with Gasteiger partial charge in [-0.3, -0.25) is 0 Å². The molecule has 0 unspecified atom stereocenters. The summed E-state index contributed by atoms with van der Waals surface area (Å²) in [6.07, 6.45) is -0.834. The van der Waals surface area contributed by atoms with Crippen molar-refractivity contribution in [2.75, 3.05) is 6.61 Å². The molecule has 0 N–H and O–H groups in total. The predicted molar refractivity (Wildman–Crippen MR) is 190 cm³/mol. The highest BCUT2D eigenvalue weighted by atomic mass is 16.7. The molecule has 0 radical (unpaired) electrons. The van der Waals surface area contributed by atoms with Crippen LogP contribution in [0.3, 0.4) is 0 Å². The Balaban J connectivity index is 1.36. The van der Waals surface area contributed by atoms with Gasteiger partial charge in [0.25, 0.3) is 0 Å². The van der Waals surface area contributed by atoms with Gasteiger partial charge in [-0.25, -0.2) is 0 Å². The van der Waals surface area contributed by atoms with Crippen LogP contribution in [0.4, 0.5) is 0 Å². The van der Waals surface area contributed by atoms with Gasteiger partial charge in [-0.2, -0.15) is 0 Å². The number of ether oxygens (including phenoxy) is 6. The van der Waals surface area contributed by atoms with Gasteiger partial charge in [-0.15, -0.1) is 0 Å². The molecular weight excluding hydrogens is 612 g/mol. The van der Waals surface area contributed by atoms with Crippen LogP contribution in [0.5, 0.6) is 0 Å². The van der Waals surface area contributed by atoms with Crippen molar-refractivity contribution in [2.45, 2.75) is 63.2 Å². The van der Waals surface area contributed by atoms with E-state index in [1.165, 1.54) is 0 Å². The van der Waals surface area contributed by atoms with Crippen LogP contribution in [0.15, 0.2) is 164 Å². The molecule has 6 heteroatoms. The molecule has 6 nitrogen and oxygen atoms in total. The summed E-state index contributed by atoms with van der Waals surface area (Å²) in [7, 11) is 0. The Bertz CT molecular complexity index is 1650. The van der Waals surface area contributed by atoms with E-state index in [1.807, 2.05) is 152 Å². The van der Waals surface area contributed by atoms with Crippen molar-refractivity contribution in [1.82, 2.24) is 0 Å². The molecule has 1 aliphatic heterocycles. The molecule has 0 bridgehead atoms. The Morgan fingerprint density at radius 3 is 1.33 bits per heavy atom. The maximum Gasteiger partial charge on any atom is 0.218 e. The van der Waals surface area contributed by atoms with Crippen molar-refractivity contribution in [2.24, 2.45) is 0 Å². The van der Waals surface area contributed by atoms with Crippen LogP contribution in [0, 0.1) is 0 Å². The normalized spacial score (nSPS) is 22.0. The molecule has 1 fully saturated rings. The van der Waals surface area contributed by atoms with Gasteiger partial charge in [0.1, 0.15) is 24.4 Å². The van der Waals surface area contributed by atoms with Crippen molar-refractivity contribution in [3.63, 3.8) is 0 Å². The van der Waals surface area contributed by atoms with Crippen LogP contribution >= 0.6 is 0 Å². The first-order chi connectivity index (χ1) is 24.2. The van der Waals surface area contributed by atoms with Crippen molar-refractivity contribution in [3.05, 3.63) is 192 Å². The topological polar surface area (TPSA) is 55.4 Å². The highest BCUT2D eigenvalue weighted by Gasteiger charge is 2.56. The second-order valence-electron chi connectivity index (χ2n) is 12.1. The quantitative estimate of drug-likeness (QED) is 0.0937. The minimum absolute atomic E-state index is 0.231. The van der Waals surface area contributed by atoms with Crippen LogP contribution < -0.4 is 0 Å². The summed E-state index contributed by atoms with van der Waals surface area (Å²) in [5.41, 5.74) is 5.15. The fourth-order valence-electron chi connectivity index (χ4n) is 5.98. The van der Waals surface area contributed by atoms with Crippen molar-refractivity contribution >= 4 is 0 Å². The third-order valence-corrected chi connectivity index (χ3v) is 8.55. The lowest BCUT2D eigenvalue weighted by molar-refractivity contribution is -0.366. The lowest BCUT2D eigenvalue weighted by atomic mass is 9.91. The average Bonchev–Trinajstić information content (AvgIpc) is 3.17. The van der Waals surface area contributed by atoms with Gasteiger partial charge in [-0.1, -0.05) is 158 Å². The SMILES string of the molecule is C=C[C@]1(OCc2ccccc2)O[C@H](COCc2ccccc2)[C@@H](OCc2ccccc2)[C@H](OCc2ccccc2)[C@H]1OCc1ccccc1. The Hall–Kier alpha value is -4.40. The zero-order valence-corrected chi connectivity index (χ0v) is 27.7. The molecule has 1 heterocycles. The average molecular weight is 657 g/mol. The van der Waals surface area contributed by atoms with E-state index < -0.39 is 30.2 Å². The van der Waals surface area contributed by atoms with Gasteiger partial charge in [0.05, 0.1) is 39.6 Å².